The smallest absolute Gasteiger partial charge is 0.357 e. The number of aromatic nitrogens is 5. The SMILES string of the molecule is CCOC(=O)c1ccc2nc(CC3CC=C(c4ccnc(OCc5ccc(C#N)cc5F)n4)CC3)n(CC3CCO3)c2n1. The number of allylic oxidation sites excluding steroid dienone is 2. The van der Waals surface area contributed by atoms with Gasteiger partial charge in [0.15, 0.2) is 11.3 Å². The lowest BCUT2D eigenvalue weighted by atomic mass is 9.86. The van der Waals surface area contributed by atoms with Crippen LogP contribution in [-0.4, -0.2) is 49.8 Å². The minimum atomic E-state index is -0.500. The van der Waals surface area contributed by atoms with Crippen molar-refractivity contribution in [3.63, 3.8) is 0 Å². The van der Waals surface area contributed by atoms with Gasteiger partial charge in [-0.15, -0.1) is 0 Å². The summed E-state index contributed by atoms with van der Waals surface area (Å²) in [5.41, 5.74) is 4.19. The van der Waals surface area contributed by atoms with Crippen molar-refractivity contribution in [2.24, 2.45) is 5.92 Å². The average molecular weight is 583 g/mol. The second-order valence-electron chi connectivity index (χ2n) is 10.7. The van der Waals surface area contributed by atoms with Gasteiger partial charge in [0.1, 0.15) is 23.8 Å². The molecule has 0 radical (unpaired) electrons. The van der Waals surface area contributed by atoms with Gasteiger partial charge in [-0.1, -0.05) is 12.1 Å². The summed E-state index contributed by atoms with van der Waals surface area (Å²) in [4.78, 5) is 30.6. The number of hydrogen-bond donors (Lipinski definition) is 0. The quantitative estimate of drug-likeness (QED) is 0.232. The van der Waals surface area contributed by atoms with Crippen molar-refractivity contribution in [3.8, 4) is 12.1 Å². The maximum absolute atomic E-state index is 14.2. The fourth-order valence-corrected chi connectivity index (χ4v) is 5.38. The molecule has 11 heteroatoms. The van der Waals surface area contributed by atoms with Crippen LogP contribution in [0.2, 0.25) is 0 Å². The molecule has 3 aromatic heterocycles. The number of nitriles is 1. The summed E-state index contributed by atoms with van der Waals surface area (Å²) >= 11 is 0. The third-order valence-corrected chi connectivity index (χ3v) is 7.83. The topological polar surface area (TPSA) is 125 Å². The molecule has 1 aliphatic carbocycles. The highest BCUT2D eigenvalue weighted by Crippen LogP contribution is 2.32. The highest BCUT2D eigenvalue weighted by atomic mass is 19.1. The molecule has 4 aromatic rings. The van der Waals surface area contributed by atoms with E-state index in [0.717, 1.165) is 61.3 Å². The number of carbonyl (C=O) groups excluding carboxylic acids is 1. The molecule has 4 heterocycles. The zero-order chi connectivity index (χ0) is 29.8. The molecule has 2 unspecified atom stereocenters. The lowest BCUT2D eigenvalue weighted by molar-refractivity contribution is -0.0591. The standard InChI is InChI=1S/C32H31FN6O4/c1-2-41-31(40)28-10-9-27-30(37-28)39(18-24-12-14-42-24)29(36-27)16-20-3-6-22(7-4-20)26-11-13-35-32(38-26)43-19-23-8-5-21(17-34)15-25(23)33/h5-6,8-11,13,15,20,24H,2-4,7,12,14,16,18-19H2,1H3. The van der Waals surface area contributed by atoms with Gasteiger partial charge in [-0.3, -0.25) is 0 Å². The maximum atomic E-state index is 14.2. The molecule has 220 valence electrons. The van der Waals surface area contributed by atoms with Gasteiger partial charge in [0, 0.05) is 24.8 Å². The molecular formula is C32H31FN6O4. The average Bonchev–Trinajstić information content (AvgIpc) is 3.34. The zero-order valence-electron chi connectivity index (χ0n) is 23.8. The van der Waals surface area contributed by atoms with E-state index < -0.39 is 11.8 Å². The largest absolute Gasteiger partial charge is 0.461 e. The van der Waals surface area contributed by atoms with Gasteiger partial charge in [0.25, 0.3) is 0 Å². The number of halogens is 1. The summed E-state index contributed by atoms with van der Waals surface area (Å²) < 4.78 is 32.9. The van der Waals surface area contributed by atoms with Crippen LogP contribution >= 0.6 is 0 Å². The van der Waals surface area contributed by atoms with E-state index in [1.54, 1.807) is 25.3 Å². The van der Waals surface area contributed by atoms with Crippen molar-refractivity contribution in [3.05, 3.63) is 82.8 Å². The number of pyridine rings is 1. The highest BCUT2D eigenvalue weighted by molar-refractivity contribution is 5.89. The number of nitrogens with zero attached hydrogens (tertiary/aromatic N) is 6. The molecule has 0 bridgehead atoms. The molecule has 0 saturated carbocycles. The summed E-state index contributed by atoms with van der Waals surface area (Å²) in [6.45, 7) is 3.43. The molecule has 1 aromatic carbocycles. The molecule has 0 spiro atoms. The van der Waals surface area contributed by atoms with Crippen molar-refractivity contribution in [2.45, 2.75) is 58.3 Å². The first-order valence-corrected chi connectivity index (χ1v) is 14.5. The fraction of sp³-hybridized carbons (Fsp3) is 0.375. The number of rotatable bonds is 10. The van der Waals surface area contributed by atoms with Crippen LogP contribution in [0.1, 0.15) is 65.7 Å². The molecule has 1 saturated heterocycles. The number of carbonyl (C=O) groups is 1. The Balaban J connectivity index is 1.14. The molecule has 10 nitrogen and oxygen atoms in total. The summed E-state index contributed by atoms with van der Waals surface area (Å²) in [5, 5.41) is 8.93. The Hall–Kier alpha value is -4.69. The molecule has 2 atom stereocenters. The number of imidazole rings is 1. The monoisotopic (exact) mass is 582 g/mol. The maximum Gasteiger partial charge on any atom is 0.357 e. The predicted octanol–water partition coefficient (Wildman–Crippen LogP) is 5.20. The van der Waals surface area contributed by atoms with E-state index in [1.165, 1.54) is 12.1 Å². The van der Waals surface area contributed by atoms with Gasteiger partial charge in [-0.05, 0) is 74.4 Å². The van der Waals surface area contributed by atoms with Crippen LogP contribution in [-0.2, 0) is 29.0 Å². The number of esters is 1. The van der Waals surface area contributed by atoms with Gasteiger partial charge in [0.2, 0.25) is 0 Å². The van der Waals surface area contributed by atoms with Gasteiger partial charge in [-0.2, -0.15) is 10.2 Å². The van der Waals surface area contributed by atoms with Crippen molar-refractivity contribution in [1.29, 1.82) is 5.26 Å². The summed E-state index contributed by atoms with van der Waals surface area (Å²) in [6.07, 6.45) is 8.37. The Morgan fingerprint density at radius 1 is 1.19 bits per heavy atom. The number of fused-ring (bicyclic) bond motifs is 1. The minimum Gasteiger partial charge on any atom is -0.461 e. The molecule has 1 aliphatic heterocycles. The first kappa shape index (κ1) is 28.4. The van der Waals surface area contributed by atoms with Gasteiger partial charge < -0.3 is 18.8 Å². The van der Waals surface area contributed by atoms with Crippen molar-refractivity contribution < 1.29 is 23.4 Å². The van der Waals surface area contributed by atoms with E-state index in [4.69, 9.17) is 24.5 Å². The molecule has 6 rings (SSSR count). The van der Waals surface area contributed by atoms with Crippen LogP contribution in [0, 0.1) is 23.1 Å². The Kier molecular flexibility index (Phi) is 8.38. The van der Waals surface area contributed by atoms with Gasteiger partial charge in [-0.25, -0.2) is 24.1 Å². The van der Waals surface area contributed by atoms with Crippen molar-refractivity contribution in [1.82, 2.24) is 24.5 Å². The van der Waals surface area contributed by atoms with E-state index >= 15 is 0 Å². The third kappa shape index (κ3) is 6.39. The fourth-order valence-electron chi connectivity index (χ4n) is 5.38. The van der Waals surface area contributed by atoms with Crippen LogP contribution in [0.4, 0.5) is 4.39 Å². The Labute approximate surface area is 248 Å². The highest BCUT2D eigenvalue weighted by Gasteiger charge is 2.25. The zero-order valence-corrected chi connectivity index (χ0v) is 23.8. The normalized spacial score (nSPS) is 18.0. The van der Waals surface area contributed by atoms with Gasteiger partial charge in [0.05, 0.1) is 36.6 Å². The first-order valence-electron chi connectivity index (χ1n) is 14.5. The molecule has 0 amide bonds. The second kappa shape index (κ2) is 12.7. The lowest BCUT2D eigenvalue weighted by Gasteiger charge is -2.28. The molecule has 43 heavy (non-hydrogen) atoms. The molecule has 1 fully saturated rings. The van der Waals surface area contributed by atoms with Crippen LogP contribution in [0.3, 0.4) is 0 Å². The van der Waals surface area contributed by atoms with Gasteiger partial charge >= 0.3 is 12.0 Å². The molecule has 0 N–H and O–H groups in total. The Morgan fingerprint density at radius 3 is 2.79 bits per heavy atom. The third-order valence-electron chi connectivity index (χ3n) is 7.83. The minimum absolute atomic E-state index is 0.0366. The van der Waals surface area contributed by atoms with Crippen LogP contribution < -0.4 is 4.74 Å². The molecule has 2 aliphatic rings. The summed E-state index contributed by atoms with van der Waals surface area (Å²) in [5.74, 6) is 0.375. The molecular weight excluding hydrogens is 551 g/mol. The Bertz CT molecular complexity index is 1720. The van der Waals surface area contributed by atoms with Crippen molar-refractivity contribution >= 4 is 22.7 Å². The summed E-state index contributed by atoms with van der Waals surface area (Å²) in [7, 11) is 0. The van der Waals surface area contributed by atoms with Crippen LogP contribution in [0.5, 0.6) is 6.01 Å². The van der Waals surface area contributed by atoms with E-state index in [1.807, 2.05) is 18.2 Å². The second-order valence-corrected chi connectivity index (χ2v) is 10.7. The van der Waals surface area contributed by atoms with E-state index in [0.29, 0.717) is 23.7 Å². The van der Waals surface area contributed by atoms with Crippen LogP contribution in [0.25, 0.3) is 16.7 Å². The summed E-state index contributed by atoms with van der Waals surface area (Å²) in [6, 6.07) is 11.7. The van der Waals surface area contributed by atoms with Crippen LogP contribution in [0.15, 0.2) is 48.7 Å². The number of benzene rings is 1. The Morgan fingerprint density at radius 2 is 2.07 bits per heavy atom. The lowest BCUT2D eigenvalue weighted by Crippen LogP contribution is -2.32. The van der Waals surface area contributed by atoms with E-state index in [-0.39, 0.29) is 36.6 Å². The first-order chi connectivity index (χ1) is 21.0. The number of ether oxygens (including phenoxy) is 3. The van der Waals surface area contributed by atoms with Crippen molar-refractivity contribution in [2.75, 3.05) is 13.2 Å². The van der Waals surface area contributed by atoms with E-state index in [9.17, 15) is 9.18 Å². The van der Waals surface area contributed by atoms with E-state index in [2.05, 4.69) is 25.6 Å². The number of hydrogen-bond acceptors (Lipinski definition) is 9. The predicted molar refractivity (Wildman–Crippen MR) is 154 cm³/mol.